The molecule has 0 bridgehead atoms. The van der Waals surface area contributed by atoms with Gasteiger partial charge in [-0.15, -0.1) is 0 Å². The Bertz CT molecular complexity index is 214. The van der Waals surface area contributed by atoms with Crippen molar-refractivity contribution in [2.45, 2.75) is 58.4 Å². The number of hydrogen-bond acceptors (Lipinski definition) is 2. The van der Waals surface area contributed by atoms with E-state index in [2.05, 4.69) is 18.7 Å². The summed E-state index contributed by atoms with van der Waals surface area (Å²) in [6.45, 7) is 6.32. The second-order valence-electron chi connectivity index (χ2n) is 4.88. The van der Waals surface area contributed by atoms with Gasteiger partial charge in [0.15, 0.2) is 0 Å². The fraction of sp³-hybridized carbons (Fsp3) is 0.923. The Morgan fingerprint density at radius 1 is 1.31 bits per heavy atom. The van der Waals surface area contributed by atoms with Gasteiger partial charge in [0, 0.05) is 6.54 Å². The number of carbonyl (C=O) groups is 1. The minimum absolute atomic E-state index is 0.233. The zero-order valence-electron chi connectivity index (χ0n) is 10.6. The van der Waals surface area contributed by atoms with E-state index in [1.165, 1.54) is 6.42 Å². The third-order valence-electron chi connectivity index (χ3n) is 3.80. The van der Waals surface area contributed by atoms with Gasteiger partial charge < -0.3 is 5.11 Å². The van der Waals surface area contributed by atoms with Gasteiger partial charge in [-0.3, -0.25) is 9.69 Å². The van der Waals surface area contributed by atoms with E-state index in [1.807, 2.05) is 0 Å². The van der Waals surface area contributed by atoms with Crippen molar-refractivity contribution < 1.29 is 9.90 Å². The maximum atomic E-state index is 11.2. The average Bonchev–Trinajstić information content (AvgIpc) is 2.50. The van der Waals surface area contributed by atoms with Crippen LogP contribution in [0.3, 0.4) is 0 Å². The highest BCUT2D eigenvalue weighted by molar-refractivity contribution is 5.73. The first-order chi connectivity index (χ1) is 7.69. The van der Waals surface area contributed by atoms with E-state index in [4.69, 9.17) is 0 Å². The van der Waals surface area contributed by atoms with Crippen LogP contribution in [-0.4, -0.2) is 35.1 Å². The highest BCUT2D eigenvalue weighted by Gasteiger charge is 2.27. The first kappa shape index (κ1) is 13.5. The van der Waals surface area contributed by atoms with Crippen molar-refractivity contribution in [2.24, 2.45) is 5.92 Å². The van der Waals surface area contributed by atoms with Crippen LogP contribution in [0, 0.1) is 5.92 Å². The summed E-state index contributed by atoms with van der Waals surface area (Å²) in [6.07, 6.45) is 6.54. The van der Waals surface area contributed by atoms with Crippen LogP contribution in [-0.2, 0) is 4.79 Å². The molecule has 0 aromatic rings. The van der Waals surface area contributed by atoms with Crippen LogP contribution in [0.2, 0.25) is 0 Å². The van der Waals surface area contributed by atoms with Gasteiger partial charge in [-0.25, -0.2) is 0 Å². The summed E-state index contributed by atoms with van der Waals surface area (Å²) in [4.78, 5) is 13.4. The molecule has 16 heavy (non-hydrogen) atoms. The number of carboxylic acids is 1. The van der Waals surface area contributed by atoms with Gasteiger partial charge in [-0.05, 0) is 25.3 Å². The Morgan fingerprint density at radius 2 is 2.00 bits per heavy atom. The molecule has 1 rings (SSSR count). The molecule has 3 heteroatoms. The number of hydrogen-bond donors (Lipinski definition) is 1. The Labute approximate surface area is 98.8 Å². The van der Waals surface area contributed by atoms with Crippen molar-refractivity contribution in [3.05, 3.63) is 0 Å². The Kier molecular flexibility index (Phi) is 5.81. The predicted molar refractivity (Wildman–Crippen MR) is 65.5 cm³/mol. The van der Waals surface area contributed by atoms with Crippen LogP contribution >= 0.6 is 0 Å². The van der Waals surface area contributed by atoms with Gasteiger partial charge in [-0.2, -0.15) is 0 Å². The van der Waals surface area contributed by atoms with Gasteiger partial charge in [0.1, 0.15) is 6.04 Å². The van der Waals surface area contributed by atoms with E-state index in [1.54, 1.807) is 0 Å². The molecule has 1 fully saturated rings. The minimum Gasteiger partial charge on any atom is -0.480 e. The topological polar surface area (TPSA) is 40.5 Å². The molecule has 1 aliphatic heterocycles. The summed E-state index contributed by atoms with van der Waals surface area (Å²) in [7, 11) is 0. The van der Waals surface area contributed by atoms with E-state index >= 15 is 0 Å². The number of rotatable bonds is 5. The van der Waals surface area contributed by atoms with Crippen molar-refractivity contribution in [3.63, 3.8) is 0 Å². The summed E-state index contributed by atoms with van der Waals surface area (Å²) in [5.41, 5.74) is 0. The van der Waals surface area contributed by atoms with E-state index < -0.39 is 5.97 Å². The molecule has 1 N–H and O–H groups in total. The van der Waals surface area contributed by atoms with Crippen LogP contribution in [0.4, 0.5) is 0 Å². The van der Waals surface area contributed by atoms with Gasteiger partial charge in [0.05, 0.1) is 0 Å². The van der Waals surface area contributed by atoms with E-state index in [9.17, 15) is 9.90 Å². The molecule has 0 spiro atoms. The van der Waals surface area contributed by atoms with Crippen molar-refractivity contribution in [1.82, 2.24) is 4.90 Å². The maximum absolute atomic E-state index is 11.2. The van der Waals surface area contributed by atoms with Crippen LogP contribution in [0.5, 0.6) is 0 Å². The molecule has 1 unspecified atom stereocenters. The summed E-state index contributed by atoms with van der Waals surface area (Å²) in [5, 5.41) is 9.25. The van der Waals surface area contributed by atoms with Gasteiger partial charge in [0.2, 0.25) is 0 Å². The molecule has 0 saturated carbocycles. The number of nitrogens with zero attached hydrogens (tertiary/aromatic N) is 1. The molecular weight excluding hydrogens is 202 g/mol. The van der Waals surface area contributed by atoms with Crippen molar-refractivity contribution in [1.29, 1.82) is 0 Å². The van der Waals surface area contributed by atoms with E-state index in [0.717, 1.165) is 45.2 Å². The summed E-state index contributed by atoms with van der Waals surface area (Å²) in [6, 6.07) is -0.233. The van der Waals surface area contributed by atoms with Crippen molar-refractivity contribution in [2.75, 3.05) is 13.1 Å². The number of carboxylic acid groups (broad SMARTS) is 1. The largest absolute Gasteiger partial charge is 0.480 e. The maximum Gasteiger partial charge on any atom is 0.320 e. The molecule has 0 aliphatic carbocycles. The highest BCUT2D eigenvalue weighted by atomic mass is 16.4. The minimum atomic E-state index is -0.632. The van der Waals surface area contributed by atoms with Crippen LogP contribution in [0.1, 0.15) is 52.4 Å². The molecule has 1 atom stereocenters. The third-order valence-corrected chi connectivity index (χ3v) is 3.80. The van der Waals surface area contributed by atoms with Gasteiger partial charge in [-0.1, -0.05) is 39.5 Å². The summed E-state index contributed by atoms with van der Waals surface area (Å²) < 4.78 is 0. The highest BCUT2D eigenvalue weighted by Crippen LogP contribution is 2.20. The first-order valence-electron chi connectivity index (χ1n) is 6.65. The van der Waals surface area contributed by atoms with Crippen LogP contribution < -0.4 is 0 Å². The quantitative estimate of drug-likeness (QED) is 0.785. The number of aliphatic carboxylic acids is 1. The zero-order valence-corrected chi connectivity index (χ0v) is 10.6. The zero-order chi connectivity index (χ0) is 12.0. The van der Waals surface area contributed by atoms with Gasteiger partial charge in [0.25, 0.3) is 0 Å². The van der Waals surface area contributed by atoms with Crippen molar-refractivity contribution in [3.8, 4) is 0 Å². The fourth-order valence-corrected chi connectivity index (χ4v) is 2.54. The normalized spacial score (nSPS) is 23.3. The standard InChI is InChI=1S/C13H25NO2/c1-3-11(4-2)10-14-9-7-5-6-8-12(14)13(15)16/h11-12H,3-10H2,1-2H3,(H,15,16). The average molecular weight is 227 g/mol. The lowest BCUT2D eigenvalue weighted by Gasteiger charge is -2.30. The van der Waals surface area contributed by atoms with Crippen molar-refractivity contribution >= 4 is 5.97 Å². The van der Waals surface area contributed by atoms with E-state index in [0.29, 0.717) is 5.92 Å². The molecule has 0 radical (unpaired) electrons. The molecule has 0 amide bonds. The number of likely N-dealkylation sites (tertiary alicyclic amines) is 1. The molecule has 1 heterocycles. The summed E-state index contributed by atoms with van der Waals surface area (Å²) >= 11 is 0. The molecular formula is C13H25NO2. The van der Waals surface area contributed by atoms with Crippen LogP contribution in [0.15, 0.2) is 0 Å². The predicted octanol–water partition coefficient (Wildman–Crippen LogP) is 2.75. The van der Waals surface area contributed by atoms with E-state index in [-0.39, 0.29) is 6.04 Å². The molecule has 0 aromatic carbocycles. The Morgan fingerprint density at radius 3 is 2.56 bits per heavy atom. The Balaban J connectivity index is 2.60. The smallest absolute Gasteiger partial charge is 0.320 e. The fourth-order valence-electron chi connectivity index (χ4n) is 2.54. The second-order valence-corrected chi connectivity index (χ2v) is 4.88. The molecule has 3 nitrogen and oxygen atoms in total. The molecule has 1 saturated heterocycles. The monoisotopic (exact) mass is 227 g/mol. The van der Waals surface area contributed by atoms with Crippen LogP contribution in [0.25, 0.3) is 0 Å². The molecule has 94 valence electrons. The third kappa shape index (κ3) is 3.78. The molecule has 0 aromatic heterocycles. The lowest BCUT2D eigenvalue weighted by atomic mass is 10.0. The SMILES string of the molecule is CCC(CC)CN1CCCCCC1C(=O)O. The lowest BCUT2D eigenvalue weighted by Crippen LogP contribution is -2.43. The lowest BCUT2D eigenvalue weighted by molar-refractivity contribution is -0.143. The molecule has 1 aliphatic rings. The Hall–Kier alpha value is -0.570. The van der Waals surface area contributed by atoms with Gasteiger partial charge >= 0.3 is 5.97 Å². The summed E-state index contributed by atoms with van der Waals surface area (Å²) in [5.74, 6) is 0.0211. The first-order valence-corrected chi connectivity index (χ1v) is 6.65. The second kappa shape index (κ2) is 6.89.